The Bertz CT molecular complexity index is 1020. The third-order valence-electron chi connectivity index (χ3n) is 4.77. The monoisotopic (exact) mass is 330 g/mol. The van der Waals surface area contributed by atoms with Crippen LogP contribution in [-0.4, -0.2) is 29.8 Å². The quantitative estimate of drug-likeness (QED) is 0.579. The van der Waals surface area contributed by atoms with Crippen LogP contribution in [0.3, 0.4) is 0 Å². The van der Waals surface area contributed by atoms with Crippen molar-refractivity contribution in [3.63, 3.8) is 0 Å². The van der Waals surface area contributed by atoms with Gasteiger partial charge in [0.1, 0.15) is 5.69 Å². The Morgan fingerprint density at radius 1 is 1.08 bits per heavy atom. The standard InChI is InChI=1S/C19H18N6/c1-2-7-17-14(5-1)10-20-11-18(17)19-13-24(23-21-19)12-15-9-16-6-3-4-8-25(16)22-15/h1-2,5,7,9-11,13H,3-4,6,8,12H2. The van der Waals surface area contributed by atoms with Gasteiger partial charge in [-0.15, -0.1) is 5.10 Å². The van der Waals surface area contributed by atoms with Crippen molar-refractivity contribution in [2.45, 2.75) is 32.4 Å². The molecule has 0 atom stereocenters. The van der Waals surface area contributed by atoms with Gasteiger partial charge in [0, 0.05) is 35.6 Å². The summed E-state index contributed by atoms with van der Waals surface area (Å²) >= 11 is 0. The summed E-state index contributed by atoms with van der Waals surface area (Å²) in [5.41, 5.74) is 4.23. The van der Waals surface area contributed by atoms with Crippen LogP contribution in [-0.2, 0) is 19.5 Å². The first-order chi connectivity index (χ1) is 12.4. The van der Waals surface area contributed by atoms with Gasteiger partial charge in [0.25, 0.3) is 0 Å². The first kappa shape index (κ1) is 14.3. The van der Waals surface area contributed by atoms with Gasteiger partial charge < -0.3 is 0 Å². The normalized spacial score (nSPS) is 13.9. The van der Waals surface area contributed by atoms with Crippen LogP contribution in [0, 0.1) is 0 Å². The molecule has 0 aliphatic carbocycles. The Hall–Kier alpha value is -3.02. The fourth-order valence-electron chi connectivity index (χ4n) is 3.54. The minimum absolute atomic E-state index is 0.644. The van der Waals surface area contributed by atoms with Crippen LogP contribution in [0.15, 0.2) is 48.9 Å². The number of aryl methyl sites for hydroxylation is 2. The fourth-order valence-corrected chi connectivity index (χ4v) is 3.54. The summed E-state index contributed by atoms with van der Waals surface area (Å²) < 4.78 is 3.98. The lowest BCUT2D eigenvalue weighted by Gasteiger charge is -2.11. The molecule has 0 bridgehead atoms. The summed E-state index contributed by atoms with van der Waals surface area (Å²) in [6.45, 7) is 1.67. The summed E-state index contributed by atoms with van der Waals surface area (Å²) in [6, 6.07) is 10.4. The second-order valence-electron chi connectivity index (χ2n) is 6.52. The maximum atomic E-state index is 4.69. The molecule has 4 aromatic rings. The first-order valence-electron chi connectivity index (χ1n) is 8.66. The molecule has 3 aromatic heterocycles. The third-order valence-corrected chi connectivity index (χ3v) is 4.77. The summed E-state index contributed by atoms with van der Waals surface area (Å²) in [5.74, 6) is 0. The zero-order valence-electron chi connectivity index (χ0n) is 13.8. The van der Waals surface area contributed by atoms with E-state index < -0.39 is 0 Å². The zero-order chi connectivity index (χ0) is 16.6. The number of fused-ring (bicyclic) bond motifs is 2. The van der Waals surface area contributed by atoms with Gasteiger partial charge in [-0.2, -0.15) is 5.10 Å². The number of hydrogen-bond donors (Lipinski definition) is 0. The molecule has 0 unspecified atom stereocenters. The molecule has 1 aliphatic heterocycles. The molecule has 124 valence electrons. The van der Waals surface area contributed by atoms with Crippen LogP contribution in [0.1, 0.15) is 24.2 Å². The molecule has 6 heteroatoms. The second-order valence-corrected chi connectivity index (χ2v) is 6.52. The van der Waals surface area contributed by atoms with E-state index in [1.165, 1.54) is 18.5 Å². The lowest BCUT2D eigenvalue weighted by atomic mass is 10.1. The van der Waals surface area contributed by atoms with E-state index in [-0.39, 0.29) is 0 Å². The van der Waals surface area contributed by atoms with E-state index in [2.05, 4.69) is 38.2 Å². The molecule has 0 N–H and O–H groups in total. The lowest BCUT2D eigenvalue weighted by molar-refractivity contribution is 0.481. The summed E-state index contributed by atoms with van der Waals surface area (Å²) in [5, 5.41) is 15.6. The van der Waals surface area contributed by atoms with Crippen LogP contribution in [0.2, 0.25) is 0 Å². The smallest absolute Gasteiger partial charge is 0.115 e. The average molecular weight is 330 g/mol. The highest BCUT2D eigenvalue weighted by molar-refractivity contribution is 5.94. The molecule has 0 saturated heterocycles. The molecule has 4 heterocycles. The van der Waals surface area contributed by atoms with Gasteiger partial charge >= 0.3 is 0 Å². The Labute approximate surface area is 145 Å². The highest BCUT2D eigenvalue weighted by Gasteiger charge is 2.14. The van der Waals surface area contributed by atoms with Gasteiger partial charge in [0.2, 0.25) is 0 Å². The molecule has 5 rings (SSSR count). The van der Waals surface area contributed by atoms with Crippen molar-refractivity contribution in [3.8, 4) is 11.3 Å². The largest absolute Gasteiger partial charge is 0.269 e. The number of aromatic nitrogens is 6. The predicted molar refractivity (Wildman–Crippen MR) is 95.0 cm³/mol. The minimum atomic E-state index is 0.644. The predicted octanol–water partition coefficient (Wildman–Crippen LogP) is 3.07. The number of hydrogen-bond acceptors (Lipinski definition) is 4. The van der Waals surface area contributed by atoms with Gasteiger partial charge in [-0.05, 0) is 30.7 Å². The van der Waals surface area contributed by atoms with Crippen LogP contribution in [0.25, 0.3) is 22.0 Å². The van der Waals surface area contributed by atoms with Crippen LogP contribution < -0.4 is 0 Å². The molecule has 0 spiro atoms. The Morgan fingerprint density at radius 2 is 2.04 bits per heavy atom. The van der Waals surface area contributed by atoms with Crippen molar-refractivity contribution < 1.29 is 0 Å². The van der Waals surface area contributed by atoms with Crippen molar-refractivity contribution in [2.24, 2.45) is 0 Å². The van der Waals surface area contributed by atoms with Gasteiger partial charge in [0.15, 0.2) is 0 Å². The molecule has 6 nitrogen and oxygen atoms in total. The topological polar surface area (TPSA) is 61.4 Å². The minimum Gasteiger partial charge on any atom is -0.269 e. The summed E-state index contributed by atoms with van der Waals surface area (Å²) in [6.07, 6.45) is 9.30. The number of rotatable bonds is 3. The number of pyridine rings is 1. The van der Waals surface area contributed by atoms with Crippen molar-refractivity contribution in [2.75, 3.05) is 0 Å². The van der Waals surface area contributed by atoms with E-state index in [9.17, 15) is 0 Å². The molecule has 0 saturated carbocycles. The van der Waals surface area contributed by atoms with E-state index in [1.54, 1.807) is 0 Å². The van der Waals surface area contributed by atoms with E-state index >= 15 is 0 Å². The van der Waals surface area contributed by atoms with E-state index in [1.807, 2.05) is 35.4 Å². The highest BCUT2D eigenvalue weighted by Crippen LogP contribution is 2.25. The van der Waals surface area contributed by atoms with Crippen molar-refractivity contribution >= 4 is 10.8 Å². The van der Waals surface area contributed by atoms with Crippen LogP contribution in [0.4, 0.5) is 0 Å². The molecule has 1 aromatic carbocycles. The molecular weight excluding hydrogens is 312 g/mol. The molecule has 0 fully saturated rings. The van der Waals surface area contributed by atoms with Crippen LogP contribution >= 0.6 is 0 Å². The number of benzene rings is 1. The van der Waals surface area contributed by atoms with E-state index in [0.29, 0.717) is 6.54 Å². The summed E-state index contributed by atoms with van der Waals surface area (Å²) in [7, 11) is 0. The molecule has 0 amide bonds. The Morgan fingerprint density at radius 3 is 3.00 bits per heavy atom. The molecule has 0 radical (unpaired) electrons. The Kier molecular flexibility index (Phi) is 3.33. The maximum absolute atomic E-state index is 4.69. The molecule has 25 heavy (non-hydrogen) atoms. The zero-order valence-corrected chi connectivity index (χ0v) is 13.8. The second kappa shape index (κ2) is 5.81. The van der Waals surface area contributed by atoms with E-state index in [4.69, 9.17) is 5.10 Å². The molecular formula is C19H18N6. The third kappa shape index (κ3) is 2.59. The van der Waals surface area contributed by atoms with Crippen molar-refractivity contribution in [3.05, 3.63) is 60.3 Å². The van der Waals surface area contributed by atoms with Gasteiger partial charge in [0.05, 0.1) is 18.4 Å². The summed E-state index contributed by atoms with van der Waals surface area (Å²) in [4.78, 5) is 4.33. The van der Waals surface area contributed by atoms with Crippen LogP contribution in [0.5, 0.6) is 0 Å². The number of nitrogens with zero attached hydrogens (tertiary/aromatic N) is 6. The van der Waals surface area contributed by atoms with Gasteiger partial charge in [-0.25, -0.2) is 4.68 Å². The van der Waals surface area contributed by atoms with Crippen molar-refractivity contribution in [1.29, 1.82) is 0 Å². The average Bonchev–Trinajstić information content (AvgIpc) is 3.27. The van der Waals surface area contributed by atoms with Gasteiger partial charge in [-0.3, -0.25) is 9.67 Å². The molecule has 1 aliphatic rings. The SMILES string of the molecule is c1ccc2c(-c3cn(Cc4cc5n(n4)CCCC5)nn3)cncc2c1. The van der Waals surface area contributed by atoms with E-state index in [0.717, 1.165) is 40.7 Å². The lowest BCUT2D eigenvalue weighted by Crippen LogP contribution is -2.11. The fraction of sp³-hybridized carbons (Fsp3) is 0.263. The highest BCUT2D eigenvalue weighted by atomic mass is 15.4. The van der Waals surface area contributed by atoms with Crippen molar-refractivity contribution in [1.82, 2.24) is 29.8 Å². The first-order valence-corrected chi connectivity index (χ1v) is 8.66. The maximum Gasteiger partial charge on any atom is 0.115 e. The van der Waals surface area contributed by atoms with Gasteiger partial charge in [-0.1, -0.05) is 29.5 Å². The Balaban J connectivity index is 1.46.